The molecule has 0 atom stereocenters. The number of carbonyl (C=O) groups is 1. The molecule has 0 aromatic carbocycles. The van der Waals surface area contributed by atoms with E-state index < -0.39 is 5.97 Å². The second-order valence-corrected chi connectivity index (χ2v) is 5.29. The van der Waals surface area contributed by atoms with Crippen molar-refractivity contribution in [2.45, 2.75) is 32.1 Å². The quantitative estimate of drug-likeness (QED) is 0.780. The van der Waals surface area contributed by atoms with E-state index in [1.54, 1.807) is 0 Å². The first-order valence-corrected chi connectivity index (χ1v) is 5.47. The van der Waals surface area contributed by atoms with Crippen LogP contribution in [0, 0.1) is 29.6 Å². The number of rotatable bonds is 1. The monoisotopic (exact) mass is 252 g/mol. The summed E-state index contributed by atoms with van der Waals surface area (Å²) in [5.74, 6) is 2.35. The zero-order valence-corrected chi connectivity index (χ0v) is 10.2. The van der Waals surface area contributed by atoms with Crippen molar-refractivity contribution in [3.8, 4) is 0 Å². The average Bonchev–Trinajstić information content (AvgIpc) is 2.00. The van der Waals surface area contributed by atoms with E-state index in [0.29, 0.717) is 11.8 Å². The Morgan fingerprint density at radius 2 is 1.27 bits per heavy atom. The van der Waals surface area contributed by atoms with Crippen LogP contribution in [0.3, 0.4) is 0 Å². The maximum absolute atomic E-state index is 11.1. The lowest BCUT2D eigenvalue weighted by Crippen LogP contribution is -2.47. The summed E-state index contributed by atoms with van der Waals surface area (Å²) >= 11 is 0. The fourth-order valence-electron chi connectivity index (χ4n) is 4.33. The molecule has 0 saturated heterocycles. The van der Waals surface area contributed by atoms with E-state index >= 15 is 0 Å². The number of carboxylic acids is 1. The summed E-state index contributed by atoms with van der Waals surface area (Å²) in [7, 11) is 0. The lowest BCUT2D eigenvalue weighted by Gasteiger charge is -2.52. The Kier molecular flexibility index (Phi) is 3.94. The summed E-state index contributed by atoms with van der Waals surface area (Å²) in [5.41, 5.74) is 0. The molecule has 0 unspecified atom stereocenters. The Balaban J connectivity index is 0.000000562. The van der Waals surface area contributed by atoms with Gasteiger partial charge in [-0.3, -0.25) is 4.79 Å². The molecule has 4 heteroatoms. The van der Waals surface area contributed by atoms with Gasteiger partial charge in [0.25, 0.3) is 0 Å². The van der Waals surface area contributed by atoms with Crippen molar-refractivity contribution in [2.75, 3.05) is 0 Å². The Bertz CT molecular complexity index is 227. The molecule has 0 heterocycles. The van der Waals surface area contributed by atoms with E-state index in [2.05, 4.69) is 0 Å². The molecular formula is C11H18Cl2O2. The van der Waals surface area contributed by atoms with E-state index in [1.165, 1.54) is 32.1 Å². The maximum atomic E-state index is 11.1. The van der Waals surface area contributed by atoms with Gasteiger partial charge < -0.3 is 5.11 Å². The first-order valence-electron chi connectivity index (χ1n) is 5.47. The zero-order chi connectivity index (χ0) is 9.00. The molecule has 4 fully saturated rings. The van der Waals surface area contributed by atoms with Crippen LogP contribution < -0.4 is 0 Å². The van der Waals surface area contributed by atoms with E-state index in [-0.39, 0.29) is 30.7 Å². The molecule has 0 spiro atoms. The van der Waals surface area contributed by atoms with Crippen molar-refractivity contribution in [3.63, 3.8) is 0 Å². The van der Waals surface area contributed by atoms with Crippen molar-refractivity contribution in [1.29, 1.82) is 0 Å². The molecule has 4 aliphatic carbocycles. The first-order chi connectivity index (χ1) is 6.24. The first kappa shape index (κ1) is 13.1. The minimum absolute atomic E-state index is 0. The van der Waals surface area contributed by atoms with Crippen LogP contribution in [0.5, 0.6) is 0 Å². The van der Waals surface area contributed by atoms with Crippen LogP contribution in [0.25, 0.3) is 0 Å². The summed E-state index contributed by atoms with van der Waals surface area (Å²) < 4.78 is 0. The fraction of sp³-hybridized carbons (Fsp3) is 0.909. The summed E-state index contributed by atoms with van der Waals surface area (Å²) in [6, 6.07) is 0. The standard InChI is InChI=1S/C11H16O2.2ClH/c12-11(13)10-8-2-6-1-7(4-8)5-9(10)3-6;;/h6-10H,1-5H2,(H,12,13);2*1H. The van der Waals surface area contributed by atoms with E-state index in [9.17, 15) is 4.79 Å². The highest BCUT2D eigenvalue weighted by molar-refractivity contribution is 5.85. The lowest BCUT2D eigenvalue weighted by molar-refractivity contribution is -0.155. The molecule has 4 rings (SSSR count). The van der Waals surface area contributed by atoms with Gasteiger partial charge in [0.1, 0.15) is 0 Å². The molecule has 4 aliphatic rings. The van der Waals surface area contributed by atoms with Crippen LogP contribution in [-0.2, 0) is 4.79 Å². The SMILES string of the molecule is Cl.Cl.O=C(O)C1C2CC3CC(C2)CC1C3. The maximum Gasteiger partial charge on any atom is 0.307 e. The number of hydrogen-bond acceptors (Lipinski definition) is 1. The lowest BCUT2D eigenvalue weighted by atomic mass is 9.52. The van der Waals surface area contributed by atoms with Gasteiger partial charge in [0.05, 0.1) is 5.92 Å². The molecule has 4 bridgehead atoms. The highest BCUT2D eigenvalue weighted by Gasteiger charge is 2.50. The molecule has 0 aliphatic heterocycles. The van der Waals surface area contributed by atoms with Crippen LogP contribution in [0.1, 0.15) is 32.1 Å². The van der Waals surface area contributed by atoms with E-state index in [4.69, 9.17) is 5.11 Å². The largest absolute Gasteiger partial charge is 0.481 e. The summed E-state index contributed by atoms with van der Waals surface area (Å²) in [6.07, 6.45) is 6.25. The van der Waals surface area contributed by atoms with Crippen LogP contribution in [0.15, 0.2) is 0 Å². The van der Waals surface area contributed by atoms with Gasteiger partial charge in [-0.2, -0.15) is 0 Å². The minimum Gasteiger partial charge on any atom is -0.481 e. The van der Waals surface area contributed by atoms with Crippen molar-refractivity contribution >= 4 is 30.8 Å². The van der Waals surface area contributed by atoms with Gasteiger partial charge in [0.15, 0.2) is 0 Å². The molecule has 0 amide bonds. The molecule has 0 aromatic rings. The van der Waals surface area contributed by atoms with Crippen LogP contribution in [0.2, 0.25) is 0 Å². The van der Waals surface area contributed by atoms with E-state index in [1.807, 2.05) is 0 Å². The Morgan fingerprint density at radius 1 is 0.867 bits per heavy atom. The summed E-state index contributed by atoms with van der Waals surface area (Å²) in [6.45, 7) is 0. The normalized spacial score (nSPS) is 45.5. The highest BCUT2D eigenvalue weighted by atomic mass is 35.5. The molecule has 88 valence electrons. The summed E-state index contributed by atoms with van der Waals surface area (Å²) in [5, 5.41) is 9.15. The number of aliphatic carboxylic acids is 1. The predicted octanol–water partition coefficient (Wildman–Crippen LogP) is 2.99. The third kappa shape index (κ3) is 1.99. The zero-order valence-electron chi connectivity index (χ0n) is 8.59. The van der Waals surface area contributed by atoms with Gasteiger partial charge in [-0.15, -0.1) is 24.8 Å². The number of carboxylic acid groups (broad SMARTS) is 1. The summed E-state index contributed by atoms with van der Waals surface area (Å²) in [4.78, 5) is 11.1. The van der Waals surface area contributed by atoms with Gasteiger partial charge >= 0.3 is 5.97 Å². The van der Waals surface area contributed by atoms with Crippen molar-refractivity contribution < 1.29 is 9.90 Å². The van der Waals surface area contributed by atoms with E-state index in [0.717, 1.165) is 11.8 Å². The molecule has 15 heavy (non-hydrogen) atoms. The van der Waals surface area contributed by atoms with Crippen molar-refractivity contribution in [1.82, 2.24) is 0 Å². The Hall–Kier alpha value is 0.0500. The Morgan fingerprint density at radius 3 is 1.60 bits per heavy atom. The molecule has 0 aromatic heterocycles. The van der Waals surface area contributed by atoms with Crippen LogP contribution in [0.4, 0.5) is 0 Å². The Labute approximate surface area is 103 Å². The molecule has 0 radical (unpaired) electrons. The third-order valence-electron chi connectivity index (χ3n) is 4.51. The second kappa shape index (κ2) is 4.50. The molecular weight excluding hydrogens is 235 g/mol. The predicted molar refractivity (Wildman–Crippen MR) is 62.7 cm³/mol. The third-order valence-corrected chi connectivity index (χ3v) is 4.51. The van der Waals surface area contributed by atoms with Crippen LogP contribution >= 0.6 is 24.8 Å². The second-order valence-electron chi connectivity index (χ2n) is 5.29. The smallest absolute Gasteiger partial charge is 0.307 e. The van der Waals surface area contributed by atoms with Crippen molar-refractivity contribution in [3.05, 3.63) is 0 Å². The number of halogens is 2. The topological polar surface area (TPSA) is 37.3 Å². The fourth-order valence-corrected chi connectivity index (χ4v) is 4.33. The molecule has 4 saturated carbocycles. The van der Waals surface area contributed by atoms with Gasteiger partial charge in [-0.1, -0.05) is 0 Å². The highest BCUT2D eigenvalue weighted by Crippen LogP contribution is 2.56. The van der Waals surface area contributed by atoms with Crippen LogP contribution in [-0.4, -0.2) is 11.1 Å². The van der Waals surface area contributed by atoms with Crippen molar-refractivity contribution in [2.24, 2.45) is 29.6 Å². The van der Waals surface area contributed by atoms with Gasteiger partial charge in [-0.25, -0.2) is 0 Å². The average molecular weight is 253 g/mol. The van der Waals surface area contributed by atoms with Gasteiger partial charge in [-0.05, 0) is 55.8 Å². The molecule has 2 nitrogen and oxygen atoms in total. The number of hydrogen-bond donors (Lipinski definition) is 1. The van der Waals surface area contributed by atoms with Gasteiger partial charge in [0.2, 0.25) is 0 Å². The van der Waals surface area contributed by atoms with Gasteiger partial charge in [0, 0.05) is 0 Å². The molecule has 1 N–H and O–H groups in total. The minimum atomic E-state index is -0.520.